The summed E-state index contributed by atoms with van der Waals surface area (Å²) in [5.41, 5.74) is 8.93. The molecular weight excluding hydrogens is 298 g/mol. The second kappa shape index (κ2) is 6.38. The van der Waals surface area contributed by atoms with E-state index in [2.05, 4.69) is 5.10 Å². The van der Waals surface area contributed by atoms with Crippen LogP contribution in [0.2, 0.25) is 5.02 Å². The van der Waals surface area contributed by atoms with Gasteiger partial charge in [-0.05, 0) is 29.8 Å². The molecule has 3 rings (SSSR count). The lowest BCUT2D eigenvalue weighted by atomic mass is 10.0. The van der Waals surface area contributed by atoms with E-state index < -0.39 is 0 Å². The summed E-state index contributed by atoms with van der Waals surface area (Å²) < 4.78 is 5.31. The highest BCUT2D eigenvalue weighted by Gasteiger charge is 2.28. The Bertz CT molecular complexity index is 685. The Morgan fingerprint density at radius 2 is 2.05 bits per heavy atom. The molecule has 2 N–H and O–H groups in total. The van der Waals surface area contributed by atoms with Gasteiger partial charge >= 0.3 is 0 Å². The van der Waals surface area contributed by atoms with Crippen LogP contribution in [0.5, 0.6) is 5.75 Å². The number of halogens is 1. The molecule has 0 saturated carbocycles. The van der Waals surface area contributed by atoms with E-state index in [1.165, 1.54) is 5.56 Å². The first-order chi connectivity index (χ1) is 10.7. The van der Waals surface area contributed by atoms with Gasteiger partial charge < -0.3 is 10.5 Å². The Balaban J connectivity index is 1.97. The maximum atomic E-state index is 5.99. The van der Waals surface area contributed by atoms with E-state index in [1.54, 1.807) is 7.11 Å². The number of methoxy groups -OCH3 is 1. The highest BCUT2D eigenvalue weighted by Crippen LogP contribution is 2.36. The van der Waals surface area contributed by atoms with Crippen LogP contribution >= 0.6 is 11.6 Å². The molecule has 0 aliphatic carbocycles. The normalized spacial score (nSPS) is 17.5. The average molecular weight is 316 g/mol. The van der Waals surface area contributed by atoms with Crippen LogP contribution in [0, 0.1) is 0 Å². The highest BCUT2D eigenvalue weighted by atomic mass is 35.5. The smallest absolute Gasteiger partial charge is 0.120 e. The molecular formula is C17H18ClN3O. The molecule has 5 heteroatoms. The fourth-order valence-electron chi connectivity index (χ4n) is 2.63. The van der Waals surface area contributed by atoms with Crippen LogP contribution in [-0.2, 0) is 0 Å². The van der Waals surface area contributed by atoms with E-state index in [1.807, 2.05) is 53.5 Å². The summed E-state index contributed by atoms with van der Waals surface area (Å²) >= 11 is 5.99. The zero-order valence-electron chi connectivity index (χ0n) is 12.4. The van der Waals surface area contributed by atoms with Gasteiger partial charge in [0.25, 0.3) is 0 Å². The van der Waals surface area contributed by atoms with Crippen LogP contribution in [0.1, 0.15) is 18.0 Å². The molecule has 0 spiro atoms. The number of hydrazone groups is 1. The van der Waals surface area contributed by atoms with Crippen molar-refractivity contribution in [1.82, 2.24) is 0 Å². The lowest BCUT2D eigenvalue weighted by molar-refractivity contribution is 0.414. The number of hydrogen-bond donors (Lipinski definition) is 1. The molecule has 1 unspecified atom stereocenters. The molecule has 2 aromatic carbocycles. The van der Waals surface area contributed by atoms with E-state index in [-0.39, 0.29) is 6.04 Å². The summed E-state index contributed by atoms with van der Waals surface area (Å²) in [6.07, 6.45) is 0.815. The Kier molecular flexibility index (Phi) is 4.32. The van der Waals surface area contributed by atoms with Crippen molar-refractivity contribution in [2.75, 3.05) is 18.7 Å². The van der Waals surface area contributed by atoms with Gasteiger partial charge in [-0.2, -0.15) is 5.10 Å². The van der Waals surface area contributed by atoms with Crippen molar-refractivity contribution >= 4 is 23.0 Å². The number of ether oxygens (including phenoxy) is 1. The molecule has 0 aromatic heterocycles. The van der Waals surface area contributed by atoms with Gasteiger partial charge in [0.15, 0.2) is 0 Å². The SMILES string of the molecule is COc1cccc(N2N=C(CN)CC2c2ccc(Cl)cc2)c1. The molecule has 1 aliphatic rings. The quantitative estimate of drug-likeness (QED) is 0.937. The zero-order valence-corrected chi connectivity index (χ0v) is 13.1. The Hall–Kier alpha value is -2.04. The Morgan fingerprint density at radius 3 is 2.73 bits per heavy atom. The first-order valence-corrected chi connectivity index (χ1v) is 7.54. The maximum Gasteiger partial charge on any atom is 0.120 e. The molecule has 1 heterocycles. The van der Waals surface area contributed by atoms with Gasteiger partial charge in [-0.25, -0.2) is 0 Å². The van der Waals surface area contributed by atoms with Gasteiger partial charge in [-0.3, -0.25) is 5.01 Å². The largest absolute Gasteiger partial charge is 0.497 e. The van der Waals surface area contributed by atoms with Crippen LogP contribution in [0.25, 0.3) is 0 Å². The topological polar surface area (TPSA) is 50.8 Å². The minimum atomic E-state index is 0.128. The van der Waals surface area contributed by atoms with Gasteiger partial charge in [0.05, 0.1) is 24.6 Å². The van der Waals surface area contributed by atoms with Gasteiger partial charge in [0.1, 0.15) is 5.75 Å². The molecule has 4 nitrogen and oxygen atoms in total. The number of benzene rings is 2. The summed E-state index contributed by atoms with van der Waals surface area (Å²) in [4.78, 5) is 0. The minimum absolute atomic E-state index is 0.128. The molecule has 0 fully saturated rings. The van der Waals surface area contributed by atoms with E-state index in [9.17, 15) is 0 Å². The number of anilines is 1. The first-order valence-electron chi connectivity index (χ1n) is 7.16. The van der Waals surface area contributed by atoms with Crippen molar-refractivity contribution in [1.29, 1.82) is 0 Å². The summed E-state index contributed by atoms with van der Waals surface area (Å²) in [7, 11) is 1.66. The number of hydrogen-bond acceptors (Lipinski definition) is 4. The molecule has 2 aromatic rings. The van der Waals surface area contributed by atoms with Crippen molar-refractivity contribution < 1.29 is 4.74 Å². The van der Waals surface area contributed by atoms with E-state index in [0.717, 1.165) is 28.6 Å². The van der Waals surface area contributed by atoms with Crippen LogP contribution in [0.3, 0.4) is 0 Å². The molecule has 0 radical (unpaired) electrons. The highest BCUT2D eigenvalue weighted by molar-refractivity contribution is 6.30. The van der Waals surface area contributed by atoms with Gasteiger partial charge in [-0.1, -0.05) is 29.8 Å². The van der Waals surface area contributed by atoms with Gasteiger partial charge in [0, 0.05) is 24.1 Å². The summed E-state index contributed by atoms with van der Waals surface area (Å²) in [6, 6.07) is 15.9. The molecule has 1 aliphatic heterocycles. The van der Waals surface area contributed by atoms with Gasteiger partial charge in [-0.15, -0.1) is 0 Å². The number of nitrogens with two attached hydrogens (primary N) is 1. The molecule has 114 valence electrons. The fourth-order valence-corrected chi connectivity index (χ4v) is 2.76. The Labute approximate surface area is 135 Å². The molecule has 22 heavy (non-hydrogen) atoms. The van der Waals surface area contributed by atoms with Crippen molar-refractivity contribution in [3.8, 4) is 5.75 Å². The second-order valence-electron chi connectivity index (χ2n) is 5.19. The lowest BCUT2D eigenvalue weighted by Gasteiger charge is -2.24. The first kappa shape index (κ1) is 14.9. The zero-order chi connectivity index (χ0) is 15.5. The third-order valence-corrected chi connectivity index (χ3v) is 4.03. The second-order valence-corrected chi connectivity index (χ2v) is 5.62. The minimum Gasteiger partial charge on any atom is -0.497 e. The van der Waals surface area contributed by atoms with Crippen molar-refractivity contribution in [2.24, 2.45) is 10.8 Å². The van der Waals surface area contributed by atoms with Crippen LogP contribution < -0.4 is 15.5 Å². The van der Waals surface area contributed by atoms with E-state index >= 15 is 0 Å². The monoisotopic (exact) mass is 315 g/mol. The molecule has 0 saturated heterocycles. The predicted octanol–water partition coefficient (Wildman–Crippen LogP) is 3.61. The summed E-state index contributed by atoms with van der Waals surface area (Å²) in [6.45, 7) is 0.463. The third-order valence-electron chi connectivity index (χ3n) is 3.78. The van der Waals surface area contributed by atoms with Crippen LogP contribution in [0.15, 0.2) is 53.6 Å². The summed E-state index contributed by atoms with van der Waals surface area (Å²) in [5.74, 6) is 0.809. The molecule has 0 bridgehead atoms. The molecule has 0 amide bonds. The number of rotatable bonds is 4. The maximum absolute atomic E-state index is 5.99. The van der Waals surface area contributed by atoms with E-state index in [0.29, 0.717) is 6.54 Å². The summed E-state index contributed by atoms with van der Waals surface area (Å²) in [5, 5.41) is 7.41. The van der Waals surface area contributed by atoms with Crippen molar-refractivity contribution in [3.63, 3.8) is 0 Å². The van der Waals surface area contributed by atoms with Gasteiger partial charge in [0.2, 0.25) is 0 Å². The third kappa shape index (κ3) is 2.93. The van der Waals surface area contributed by atoms with Crippen LogP contribution in [-0.4, -0.2) is 19.4 Å². The lowest BCUT2D eigenvalue weighted by Crippen LogP contribution is -2.18. The van der Waals surface area contributed by atoms with Crippen LogP contribution in [0.4, 0.5) is 5.69 Å². The molecule has 1 atom stereocenters. The fraction of sp³-hybridized carbons (Fsp3) is 0.235. The van der Waals surface area contributed by atoms with Crippen molar-refractivity contribution in [3.05, 3.63) is 59.1 Å². The van der Waals surface area contributed by atoms with E-state index in [4.69, 9.17) is 22.1 Å². The average Bonchev–Trinajstić information content (AvgIpc) is 3.00. The number of nitrogens with zero attached hydrogens (tertiary/aromatic N) is 2. The standard InChI is InChI=1S/C17H18ClN3O/c1-22-16-4-2-3-15(10-16)21-17(9-14(11-19)20-21)12-5-7-13(18)8-6-12/h2-8,10,17H,9,11,19H2,1H3. The Morgan fingerprint density at radius 1 is 1.27 bits per heavy atom. The predicted molar refractivity (Wildman–Crippen MR) is 90.8 cm³/mol. The van der Waals surface area contributed by atoms with Crippen molar-refractivity contribution in [2.45, 2.75) is 12.5 Å².